The van der Waals surface area contributed by atoms with Crippen LogP contribution in [0.15, 0.2) is 30.3 Å². The molecule has 0 aliphatic heterocycles. The van der Waals surface area contributed by atoms with E-state index in [-0.39, 0.29) is 0 Å². The highest BCUT2D eigenvalue weighted by Gasteiger charge is 2.20. The van der Waals surface area contributed by atoms with E-state index in [9.17, 15) is 0 Å². The zero-order valence-electron chi connectivity index (χ0n) is 11.9. The molecule has 18 heavy (non-hydrogen) atoms. The van der Waals surface area contributed by atoms with E-state index in [0.29, 0.717) is 12.0 Å². The summed E-state index contributed by atoms with van der Waals surface area (Å²) >= 11 is 0. The summed E-state index contributed by atoms with van der Waals surface area (Å²) in [6.45, 7) is 3.01. The van der Waals surface area contributed by atoms with Gasteiger partial charge in [-0.25, -0.2) is 0 Å². The number of rotatable bonds is 9. The molecule has 0 amide bonds. The highest BCUT2D eigenvalue weighted by atomic mass is 16.5. The third-order valence-corrected chi connectivity index (χ3v) is 3.43. The Labute approximate surface area is 111 Å². The number of hydrogen-bond acceptors (Lipinski definition) is 2. The first-order valence-electron chi connectivity index (χ1n) is 6.87. The average Bonchev–Trinajstić information content (AvgIpc) is 2.41. The Morgan fingerprint density at radius 1 is 1.06 bits per heavy atom. The fourth-order valence-corrected chi connectivity index (χ4v) is 2.46. The molecule has 0 spiro atoms. The van der Waals surface area contributed by atoms with Gasteiger partial charge in [-0.1, -0.05) is 43.7 Å². The van der Waals surface area contributed by atoms with Crippen LogP contribution < -0.4 is 0 Å². The minimum atomic E-state index is 0.296. The van der Waals surface area contributed by atoms with E-state index in [4.69, 9.17) is 9.47 Å². The number of ether oxygens (including phenoxy) is 2. The van der Waals surface area contributed by atoms with Crippen molar-refractivity contribution in [2.75, 3.05) is 20.8 Å². The van der Waals surface area contributed by atoms with Crippen LogP contribution >= 0.6 is 0 Å². The van der Waals surface area contributed by atoms with Crippen LogP contribution in [-0.2, 0) is 15.9 Å². The van der Waals surface area contributed by atoms with Gasteiger partial charge in [0.25, 0.3) is 0 Å². The maximum absolute atomic E-state index is 5.66. The topological polar surface area (TPSA) is 18.5 Å². The van der Waals surface area contributed by atoms with Gasteiger partial charge in [-0.2, -0.15) is 0 Å². The van der Waals surface area contributed by atoms with Gasteiger partial charge < -0.3 is 9.47 Å². The molecule has 0 fully saturated rings. The van der Waals surface area contributed by atoms with Crippen molar-refractivity contribution in [1.82, 2.24) is 0 Å². The number of methoxy groups -OCH3 is 2. The van der Waals surface area contributed by atoms with Crippen LogP contribution in [0.25, 0.3) is 0 Å². The Hall–Kier alpha value is -0.860. The largest absolute Gasteiger partial charge is 0.384 e. The lowest BCUT2D eigenvalue weighted by Gasteiger charge is -2.25. The van der Waals surface area contributed by atoms with Crippen molar-refractivity contribution in [3.8, 4) is 0 Å². The minimum absolute atomic E-state index is 0.296. The van der Waals surface area contributed by atoms with Gasteiger partial charge >= 0.3 is 0 Å². The molecule has 1 aromatic rings. The van der Waals surface area contributed by atoms with Crippen molar-refractivity contribution in [3.05, 3.63) is 35.9 Å². The van der Waals surface area contributed by atoms with Gasteiger partial charge in [0.1, 0.15) is 0 Å². The molecular formula is C16H26O2. The first kappa shape index (κ1) is 15.2. The smallest absolute Gasteiger partial charge is 0.0624 e. The van der Waals surface area contributed by atoms with Crippen molar-refractivity contribution in [3.63, 3.8) is 0 Å². The number of benzene rings is 1. The van der Waals surface area contributed by atoms with Crippen LogP contribution in [0, 0.1) is 5.92 Å². The van der Waals surface area contributed by atoms with Gasteiger partial charge in [-0.3, -0.25) is 0 Å². The summed E-state index contributed by atoms with van der Waals surface area (Å²) in [6.07, 6.45) is 4.78. The van der Waals surface area contributed by atoms with Crippen LogP contribution in [-0.4, -0.2) is 26.9 Å². The highest BCUT2D eigenvalue weighted by molar-refractivity contribution is 5.14. The lowest BCUT2D eigenvalue weighted by Crippen LogP contribution is -2.27. The van der Waals surface area contributed by atoms with E-state index in [0.717, 1.165) is 19.4 Å². The summed E-state index contributed by atoms with van der Waals surface area (Å²) in [5.41, 5.74) is 1.38. The molecule has 0 saturated heterocycles. The van der Waals surface area contributed by atoms with E-state index in [1.165, 1.54) is 18.4 Å². The average molecular weight is 250 g/mol. The molecule has 2 heteroatoms. The molecule has 0 aliphatic rings. The quantitative estimate of drug-likeness (QED) is 0.665. The second-order valence-electron chi connectivity index (χ2n) is 4.80. The molecule has 1 rings (SSSR count). The molecule has 0 bridgehead atoms. The Morgan fingerprint density at radius 2 is 1.78 bits per heavy atom. The number of aryl methyl sites for hydroxylation is 1. The molecule has 2 unspecified atom stereocenters. The van der Waals surface area contributed by atoms with Gasteiger partial charge in [0, 0.05) is 20.1 Å². The fraction of sp³-hybridized carbons (Fsp3) is 0.625. The van der Waals surface area contributed by atoms with Crippen LogP contribution in [0.4, 0.5) is 0 Å². The van der Waals surface area contributed by atoms with Crippen LogP contribution in [0.2, 0.25) is 0 Å². The molecule has 102 valence electrons. The molecule has 0 heterocycles. The Morgan fingerprint density at radius 3 is 2.33 bits per heavy atom. The first-order valence-corrected chi connectivity index (χ1v) is 6.87. The molecule has 0 N–H and O–H groups in total. The summed E-state index contributed by atoms with van der Waals surface area (Å²) in [5.74, 6) is 0.508. The molecule has 0 saturated carbocycles. The van der Waals surface area contributed by atoms with Crippen molar-refractivity contribution in [2.24, 2.45) is 5.92 Å². The third-order valence-electron chi connectivity index (χ3n) is 3.43. The summed E-state index contributed by atoms with van der Waals surface area (Å²) in [5, 5.41) is 0. The molecule has 0 radical (unpaired) electrons. The third kappa shape index (κ3) is 5.19. The molecule has 0 aromatic heterocycles. The Bertz CT molecular complexity index is 291. The second-order valence-corrected chi connectivity index (χ2v) is 4.80. The SMILES string of the molecule is CCCC(COC)C(CCc1ccccc1)OC. The van der Waals surface area contributed by atoms with Crippen LogP contribution in [0.5, 0.6) is 0 Å². The maximum Gasteiger partial charge on any atom is 0.0624 e. The van der Waals surface area contributed by atoms with E-state index < -0.39 is 0 Å². The normalized spacial score (nSPS) is 14.4. The lowest BCUT2D eigenvalue weighted by molar-refractivity contribution is 0.00598. The predicted octanol–water partition coefficient (Wildman–Crippen LogP) is 3.70. The monoisotopic (exact) mass is 250 g/mol. The standard InChI is InChI=1S/C16H26O2/c1-4-8-15(13-17-2)16(18-3)12-11-14-9-6-5-7-10-14/h5-7,9-10,15-16H,4,8,11-13H2,1-3H3. The van der Waals surface area contributed by atoms with Gasteiger partial charge in [0.2, 0.25) is 0 Å². The van der Waals surface area contributed by atoms with Crippen molar-refractivity contribution < 1.29 is 9.47 Å². The van der Waals surface area contributed by atoms with Crippen molar-refractivity contribution in [1.29, 1.82) is 0 Å². The molecule has 0 aliphatic carbocycles. The summed E-state index contributed by atoms with van der Waals surface area (Å²) in [4.78, 5) is 0. The second kappa shape index (κ2) is 9.12. The van der Waals surface area contributed by atoms with E-state index in [1.807, 2.05) is 7.11 Å². The molecular weight excluding hydrogens is 224 g/mol. The van der Waals surface area contributed by atoms with E-state index in [2.05, 4.69) is 37.3 Å². The van der Waals surface area contributed by atoms with Crippen LogP contribution in [0.1, 0.15) is 31.7 Å². The van der Waals surface area contributed by atoms with Gasteiger partial charge in [0.15, 0.2) is 0 Å². The van der Waals surface area contributed by atoms with E-state index in [1.54, 1.807) is 7.11 Å². The maximum atomic E-state index is 5.66. The fourth-order valence-electron chi connectivity index (χ4n) is 2.46. The molecule has 2 nitrogen and oxygen atoms in total. The molecule has 1 aromatic carbocycles. The summed E-state index contributed by atoms with van der Waals surface area (Å²) in [6, 6.07) is 10.6. The Kier molecular flexibility index (Phi) is 7.70. The first-order chi connectivity index (χ1) is 8.81. The highest BCUT2D eigenvalue weighted by Crippen LogP contribution is 2.19. The van der Waals surface area contributed by atoms with Crippen LogP contribution in [0.3, 0.4) is 0 Å². The number of hydrogen-bond donors (Lipinski definition) is 0. The summed E-state index contributed by atoms with van der Waals surface area (Å²) in [7, 11) is 3.58. The van der Waals surface area contributed by atoms with Crippen molar-refractivity contribution >= 4 is 0 Å². The predicted molar refractivity (Wildman–Crippen MR) is 75.8 cm³/mol. The van der Waals surface area contributed by atoms with Crippen molar-refractivity contribution in [2.45, 2.75) is 38.7 Å². The van der Waals surface area contributed by atoms with Gasteiger partial charge in [-0.15, -0.1) is 0 Å². The zero-order valence-corrected chi connectivity index (χ0v) is 11.9. The van der Waals surface area contributed by atoms with E-state index >= 15 is 0 Å². The molecule has 2 atom stereocenters. The summed E-state index contributed by atoms with van der Waals surface area (Å²) < 4.78 is 11.0. The Balaban J connectivity index is 2.48. The van der Waals surface area contributed by atoms with Gasteiger partial charge in [0.05, 0.1) is 12.7 Å². The minimum Gasteiger partial charge on any atom is -0.384 e. The zero-order chi connectivity index (χ0) is 13.2. The van der Waals surface area contributed by atoms with Gasteiger partial charge in [-0.05, 0) is 24.8 Å². The lowest BCUT2D eigenvalue weighted by atomic mass is 9.93.